The van der Waals surface area contributed by atoms with E-state index >= 15 is 0 Å². The van der Waals surface area contributed by atoms with Crippen molar-refractivity contribution < 1.29 is 23.4 Å². The molecule has 0 aromatic heterocycles. The number of sulfonamides is 1. The average Bonchev–Trinajstić information content (AvgIpc) is 2.42. The van der Waals surface area contributed by atoms with Gasteiger partial charge >= 0.3 is 5.97 Å². The maximum atomic E-state index is 12.5. The first-order valence-corrected chi connectivity index (χ1v) is 9.10. The quantitative estimate of drug-likeness (QED) is 0.655. The second-order valence-corrected chi connectivity index (χ2v) is 8.01. The summed E-state index contributed by atoms with van der Waals surface area (Å²) in [6.07, 6.45) is 1.02. The van der Waals surface area contributed by atoms with Gasteiger partial charge in [0.05, 0.1) is 11.0 Å². The van der Waals surface area contributed by atoms with Gasteiger partial charge in [-0.05, 0) is 49.9 Å². The number of hydrogen-bond donors (Lipinski definition) is 2. The van der Waals surface area contributed by atoms with Crippen LogP contribution in [0.25, 0.3) is 0 Å². The Morgan fingerprint density at radius 3 is 2.52 bits per heavy atom. The molecule has 2 N–H and O–H groups in total. The van der Waals surface area contributed by atoms with Crippen LogP contribution in [0, 0.1) is 0 Å². The summed E-state index contributed by atoms with van der Waals surface area (Å²) in [5, 5.41) is 18.3. The Hall–Kier alpha value is -1.15. The number of rotatable bonds is 9. The van der Waals surface area contributed by atoms with Crippen molar-refractivity contribution in [3.8, 4) is 0 Å². The second-order valence-electron chi connectivity index (χ2n) is 5.53. The highest BCUT2D eigenvalue weighted by Crippen LogP contribution is 2.23. The molecule has 0 radical (unpaired) electrons. The van der Waals surface area contributed by atoms with Gasteiger partial charge < -0.3 is 10.2 Å². The Kier molecular flexibility index (Phi) is 7.47. The number of hydrogen-bond acceptors (Lipinski definition) is 4. The fourth-order valence-electron chi connectivity index (χ4n) is 2.17. The molecular formula is C15H22ClNO5S. The maximum Gasteiger partial charge on any atom is 0.303 e. The third-order valence-electron chi connectivity index (χ3n) is 3.27. The van der Waals surface area contributed by atoms with E-state index in [1.807, 2.05) is 0 Å². The highest BCUT2D eigenvalue weighted by atomic mass is 35.5. The SMILES string of the molecule is C[C@H](O)CN(C)S(=O)(=O)c1cc(Cl)cc(CCCCC(=O)O)c1. The molecular weight excluding hydrogens is 342 g/mol. The van der Waals surface area contributed by atoms with Crippen LogP contribution in [0.2, 0.25) is 5.02 Å². The van der Waals surface area contributed by atoms with Crippen molar-refractivity contribution in [1.82, 2.24) is 4.31 Å². The molecule has 130 valence electrons. The molecule has 1 rings (SSSR count). The summed E-state index contributed by atoms with van der Waals surface area (Å²) in [5.41, 5.74) is 0.743. The zero-order chi connectivity index (χ0) is 17.6. The number of carboxylic acids is 1. The second kappa shape index (κ2) is 8.63. The number of likely N-dealkylation sites (N-methyl/N-ethyl adjacent to an activating group) is 1. The van der Waals surface area contributed by atoms with Gasteiger partial charge in [0.25, 0.3) is 0 Å². The third-order valence-corrected chi connectivity index (χ3v) is 5.29. The first-order valence-electron chi connectivity index (χ1n) is 7.28. The standard InChI is InChI=1S/C15H22ClNO5S/c1-11(18)10-17(2)23(21,22)14-8-12(7-13(16)9-14)5-3-4-6-15(19)20/h7-9,11,18H,3-6,10H2,1-2H3,(H,19,20)/t11-/m0/s1. The minimum Gasteiger partial charge on any atom is -0.481 e. The Bertz CT molecular complexity index is 645. The van der Waals surface area contributed by atoms with Gasteiger partial charge in [-0.25, -0.2) is 8.42 Å². The number of benzene rings is 1. The predicted octanol–water partition coefficient (Wildman–Crippen LogP) is 2.14. The van der Waals surface area contributed by atoms with Gasteiger partial charge in [-0.15, -0.1) is 0 Å². The van der Waals surface area contributed by atoms with E-state index in [1.165, 1.54) is 20.0 Å². The van der Waals surface area contributed by atoms with Crippen LogP contribution in [0.15, 0.2) is 23.1 Å². The van der Waals surface area contributed by atoms with Crippen LogP contribution in [-0.4, -0.2) is 48.6 Å². The molecule has 1 aromatic rings. The Labute approximate surface area is 141 Å². The zero-order valence-corrected chi connectivity index (χ0v) is 14.8. The van der Waals surface area contributed by atoms with Gasteiger partial charge in [0.1, 0.15) is 0 Å². The number of carboxylic acid groups (broad SMARTS) is 1. The molecule has 0 saturated carbocycles. The van der Waals surface area contributed by atoms with Crippen molar-refractivity contribution in [3.05, 3.63) is 28.8 Å². The third kappa shape index (κ3) is 6.47. The molecule has 1 aromatic carbocycles. The van der Waals surface area contributed by atoms with E-state index in [2.05, 4.69) is 0 Å². The van der Waals surface area contributed by atoms with Crippen LogP contribution in [-0.2, 0) is 21.2 Å². The minimum atomic E-state index is -3.73. The molecule has 0 bridgehead atoms. The van der Waals surface area contributed by atoms with Crippen molar-refractivity contribution >= 4 is 27.6 Å². The van der Waals surface area contributed by atoms with Crippen LogP contribution in [0.5, 0.6) is 0 Å². The maximum absolute atomic E-state index is 12.5. The lowest BCUT2D eigenvalue weighted by atomic mass is 10.1. The Morgan fingerprint density at radius 2 is 1.96 bits per heavy atom. The average molecular weight is 364 g/mol. The molecule has 0 heterocycles. The molecule has 0 unspecified atom stereocenters. The van der Waals surface area contributed by atoms with Crippen molar-refractivity contribution in [2.75, 3.05) is 13.6 Å². The molecule has 1 atom stereocenters. The fourth-order valence-corrected chi connectivity index (χ4v) is 3.84. The van der Waals surface area contributed by atoms with Gasteiger partial charge in [-0.3, -0.25) is 4.79 Å². The van der Waals surface area contributed by atoms with Gasteiger partial charge in [-0.2, -0.15) is 4.31 Å². The minimum absolute atomic E-state index is 0.0111. The van der Waals surface area contributed by atoms with Crippen molar-refractivity contribution in [2.45, 2.75) is 43.6 Å². The molecule has 0 fully saturated rings. The smallest absolute Gasteiger partial charge is 0.303 e. The number of aryl methyl sites for hydroxylation is 1. The van der Waals surface area contributed by atoms with Gasteiger partial charge in [0.15, 0.2) is 0 Å². The first kappa shape index (κ1) is 19.9. The molecule has 0 aliphatic heterocycles. The largest absolute Gasteiger partial charge is 0.481 e. The van der Waals surface area contributed by atoms with Crippen molar-refractivity contribution in [2.24, 2.45) is 0 Å². The number of aliphatic hydroxyl groups is 1. The number of unbranched alkanes of at least 4 members (excludes halogenated alkanes) is 1. The summed E-state index contributed by atoms with van der Waals surface area (Å²) in [5.74, 6) is -0.848. The molecule has 0 saturated heterocycles. The van der Waals surface area contributed by atoms with Crippen LogP contribution in [0.3, 0.4) is 0 Å². The van der Waals surface area contributed by atoms with Crippen LogP contribution in [0.1, 0.15) is 31.7 Å². The summed E-state index contributed by atoms with van der Waals surface area (Å²) in [6.45, 7) is 1.50. The lowest BCUT2D eigenvalue weighted by molar-refractivity contribution is -0.137. The molecule has 0 aliphatic carbocycles. The molecule has 0 amide bonds. The number of aliphatic carboxylic acids is 1. The van der Waals surface area contributed by atoms with E-state index in [-0.39, 0.29) is 17.9 Å². The number of carbonyl (C=O) groups is 1. The van der Waals surface area contributed by atoms with E-state index in [0.717, 1.165) is 9.87 Å². The molecule has 0 aliphatic rings. The van der Waals surface area contributed by atoms with E-state index in [0.29, 0.717) is 24.3 Å². The highest BCUT2D eigenvalue weighted by molar-refractivity contribution is 7.89. The topological polar surface area (TPSA) is 94.9 Å². The molecule has 8 heteroatoms. The normalized spacial score (nSPS) is 13.3. The van der Waals surface area contributed by atoms with Crippen LogP contribution < -0.4 is 0 Å². The lowest BCUT2D eigenvalue weighted by Crippen LogP contribution is -2.33. The summed E-state index contributed by atoms with van der Waals surface area (Å²) < 4.78 is 26.0. The monoisotopic (exact) mass is 363 g/mol. The molecule has 6 nitrogen and oxygen atoms in total. The van der Waals surface area contributed by atoms with E-state index in [1.54, 1.807) is 12.1 Å². The Morgan fingerprint density at radius 1 is 1.30 bits per heavy atom. The number of aliphatic hydroxyl groups excluding tert-OH is 1. The zero-order valence-electron chi connectivity index (χ0n) is 13.2. The summed E-state index contributed by atoms with van der Waals surface area (Å²) in [6, 6.07) is 4.59. The lowest BCUT2D eigenvalue weighted by Gasteiger charge is -2.19. The van der Waals surface area contributed by atoms with Crippen molar-refractivity contribution in [3.63, 3.8) is 0 Å². The summed E-state index contributed by atoms with van der Waals surface area (Å²) >= 11 is 6.00. The van der Waals surface area contributed by atoms with E-state index < -0.39 is 22.1 Å². The predicted molar refractivity (Wildman–Crippen MR) is 88.1 cm³/mol. The summed E-state index contributed by atoms with van der Waals surface area (Å²) in [7, 11) is -2.33. The van der Waals surface area contributed by atoms with E-state index in [9.17, 15) is 18.3 Å². The van der Waals surface area contributed by atoms with Crippen molar-refractivity contribution in [1.29, 1.82) is 0 Å². The highest BCUT2D eigenvalue weighted by Gasteiger charge is 2.22. The van der Waals surface area contributed by atoms with Gasteiger partial charge in [0, 0.05) is 25.0 Å². The number of halogens is 1. The van der Waals surface area contributed by atoms with Gasteiger partial charge in [0.2, 0.25) is 10.0 Å². The van der Waals surface area contributed by atoms with E-state index in [4.69, 9.17) is 16.7 Å². The number of nitrogens with zero attached hydrogens (tertiary/aromatic N) is 1. The molecule has 23 heavy (non-hydrogen) atoms. The van der Waals surface area contributed by atoms with Crippen LogP contribution >= 0.6 is 11.6 Å². The molecule has 0 spiro atoms. The summed E-state index contributed by atoms with van der Waals surface area (Å²) in [4.78, 5) is 10.6. The fraction of sp³-hybridized carbons (Fsp3) is 0.533. The van der Waals surface area contributed by atoms with Gasteiger partial charge in [-0.1, -0.05) is 11.6 Å². The van der Waals surface area contributed by atoms with Crippen LogP contribution in [0.4, 0.5) is 0 Å². The first-order chi connectivity index (χ1) is 10.6. The Balaban J connectivity index is 2.89.